The first-order chi connectivity index (χ1) is 8.00. The average Bonchev–Trinajstić information content (AvgIpc) is 2.27. The van der Waals surface area contributed by atoms with Gasteiger partial charge in [0.25, 0.3) is 0 Å². The first-order valence-corrected chi connectivity index (χ1v) is 6.44. The smallest absolute Gasteiger partial charge is 0.317 e. The van der Waals surface area contributed by atoms with E-state index in [0.29, 0.717) is 5.92 Å². The third-order valence-corrected chi connectivity index (χ3v) is 3.82. The van der Waals surface area contributed by atoms with Crippen LogP contribution in [0.25, 0.3) is 0 Å². The van der Waals surface area contributed by atoms with Gasteiger partial charge in [0, 0.05) is 0 Å². The monoisotopic (exact) mass is 242 g/mol. The molecule has 4 nitrogen and oxygen atoms in total. The molecule has 1 atom stereocenters. The highest BCUT2D eigenvalue weighted by Gasteiger charge is 2.40. The van der Waals surface area contributed by atoms with Crippen molar-refractivity contribution in [2.24, 2.45) is 5.92 Å². The van der Waals surface area contributed by atoms with E-state index in [9.17, 15) is 9.59 Å². The second-order valence-corrected chi connectivity index (χ2v) is 4.98. The Hall–Kier alpha value is -1.06. The molecule has 4 heteroatoms. The molecule has 1 N–H and O–H groups in total. The number of carboxylic acid groups (broad SMARTS) is 1. The zero-order chi connectivity index (χ0) is 12.9. The molecule has 1 aliphatic rings. The number of carbonyl (C=O) groups excluding carboxylic acids is 1. The van der Waals surface area contributed by atoms with Gasteiger partial charge in [0.2, 0.25) is 0 Å². The van der Waals surface area contributed by atoms with Crippen molar-refractivity contribution in [2.45, 2.75) is 64.4 Å². The topological polar surface area (TPSA) is 63.6 Å². The summed E-state index contributed by atoms with van der Waals surface area (Å²) in [5.74, 6) is -1.43. The summed E-state index contributed by atoms with van der Waals surface area (Å²) in [6, 6.07) is 0. The summed E-state index contributed by atoms with van der Waals surface area (Å²) in [5, 5.41) is 8.59. The molecular formula is C13H22O4. The predicted octanol–water partition coefficient (Wildman–Crippen LogP) is 2.75. The highest BCUT2D eigenvalue weighted by Crippen LogP contribution is 2.39. The minimum Gasteiger partial charge on any atom is -0.481 e. The van der Waals surface area contributed by atoms with Gasteiger partial charge in [-0.05, 0) is 38.0 Å². The summed E-state index contributed by atoms with van der Waals surface area (Å²) in [4.78, 5) is 22.0. The second-order valence-electron chi connectivity index (χ2n) is 4.98. The molecule has 0 radical (unpaired) electrons. The fourth-order valence-electron chi connectivity index (χ4n) is 2.60. The van der Waals surface area contributed by atoms with Gasteiger partial charge in [-0.15, -0.1) is 0 Å². The van der Waals surface area contributed by atoms with Crippen molar-refractivity contribution >= 4 is 11.9 Å². The lowest BCUT2D eigenvalue weighted by atomic mass is 9.75. The van der Waals surface area contributed by atoms with Crippen LogP contribution in [0.5, 0.6) is 0 Å². The molecular weight excluding hydrogens is 220 g/mol. The van der Waals surface area contributed by atoms with Crippen LogP contribution >= 0.6 is 0 Å². The lowest BCUT2D eigenvalue weighted by Gasteiger charge is -2.41. The van der Waals surface area contributed by atoms with Crippen molar-refractivity contribution in [3.8, 4) is 0 Å². The van der Waals surface area contributed by atoms with E-state index in [1.807, 2.05) is 0 Å². The average molecular weight is 242 g/mol. The van der Waals surface area contributed by atoms with Gasteiger partial charge < -0.3 is 9.84 Å². The van der Waals surface area contributed by atoms with E-state index in [-0.39, 0.29) is 0 Å². The number of carboxylic acids is 1. The first-order valence-electron chi connectivity index (χ1n) is 6.44. The molecule has 98 valence electrons. The highest BCUT2D eigenvalue weighted by atomic mass is 16.6. The lowest BCUT2D eigenvalue weighted by Crippen LogP contribution is -2.43. The molecule has 17 heavy (non-hydrogen) atoms. The van der Waals surface area contributed by atoms with Crippen LogP contribution in [0, 0.1) is 5.92 Å². The summed E-state index contributed by atoms with van der Waals surface area (Å²) < 4.78 is 5.52. The van der Waals surface area contributed by atoms with Crippen molar-refractivity contribution in [1.29, 1.82) is 0 Å². The molecule has 1 aliphatic carbocycles. The molecule has 1 fully saturated rings. The number of ether oxygens (including phenoxy) is 1. The van der Waals surface area contributed by atoms with Gasteiger partial charge in [-0.2, -0.15) is 0 Å². The van der Waals surface area contributed by atoms with Gasteiger partial charge in [0.05, 0.1) is 0 Å². The maximum absolute atomic E-state index is 11.5. The fraction of sp³-hybridized carbons (Fsp3) is 0.846. The van der Waals surface area contributed by atoms with Gasteiger partial charge in [-0.1, -0.05) is 20.3 Å². The standard InChI is InChI=1S/C13H22O4/c1-3-10(2)13(7-5-4-6-8-13)17-12(16)9-11(14)15/h10H,3-9H2,1-2H3,(H,14,15). The maximum atomic E-state index is 11.5. The Morgan fingerprint density at radius 2 is 1.88 bits per heavy atom. The van der Waals surface area contributed by atoms with Gasteiger partial charge in [0.1, 0.15) is 12.0 Å². The molecule has 0 aromatic heterocycles. The Balaban J connectivity index is 2.69. The maximum Gasteiger partial charge on any atom is 0.317 e. The summed E-state index contributed by atoms with van der Waals surface area (Å²) in [5.41, 5.74) is -0.417. The quantitative estimate of drug-likeness (QED) is 0.594. The van der Waals surface area contributed by atoms with E-state index in [1.54, 1.807) is 0 Å². The van der Waals surface area contributed by atoms with Crippen LogP contribution < -0.4 is 0 Å². The van der Waals surface area contributed by atoms with Gasteiger partial charge >= 0.3 is 11.9 Å². The Morgan fingerprint density at radius 3 is 2.35 bits per heavy atom. The van der Waals surface area contributed by atoms with Crippen LogP contribution in [0.1, 0.15) is 58.8 Å². The molecule has 0 aromatic rings. The molecule has 0 heterocycles. The van der Waals surface area contributed by atoms with Crippen LogP contribution in [0.4, 0.5) is 0 Å². The van der Waals surface area contributed by atoms with Crippen molar-refractivity contribution < 1.29 is 19.4 Å². The number of hydrogen-bond donors (Lipinski definition) is 1. The van der Waals surface area contributed by atoms with Crippen molar-refractivity contribution in [3.63, 3.8) is 0 Å². The fourth-order valence-corrected chi connectivity index (χ4v) is 2.60. The van der Waals surface area contributed by atoms with E-state index in [4.69, 9.17) is 9.84 Å². The third kappa shape index (κ3) is 3.72. The number of aliphatic carboxylic acids is 1. The summed E-state index contributed by atoms with van der Waals surface area (Å²) in [6.07, 6.45) is 5.45. The van der Waals surface area contributed by atoms with Crippen LogP contribution in [0.2, 0.25) is 0 Å². The van der Waals surface area contributed by atoms with Crippen LogP contribution in [0.3, 0.4) is 0 Å². The second kappa shape index (κ2) is 6.03. The number of carbonyl (C=O) groups is 2. The van der Waals surface area contributed by atoms with Crippen LogP contribution in [-0.4, -0.2) is 22.6 Å². The van der Waals surface area contributed by atoms with E-state index in [2.05, 4.69) is 13.8 Å². The van der Waals surface area contributed by atoms with Crippen molar-refractivity contribution in [2.75, 3.05) is 0 Å². The molecule has 1 saturated carbocycles. The molecule has 0 bridgehead atoms. The Labute approximate surface area is 102 Å². The van der Waals surface area contributed by atoms with Crippen molar-refractivity contribution in [3.05, 3.63) is 0 Å². The van der Waals surface area contributed by atoms with E-state index >= 15 is 0 Å². The predicted molar refractivity (Wildman–Crippen MR) is 63.6 cm³/mol. The SMILES string of the molecule is CCC(C)C1(OC(=O)CC(=O)O)CCCCC1. The largest absolute Gasteiger partial charge is 0.481 e. The summed E-state index contributed by atoms with van der Waals surface area (Å²) >= 11 is 0. The van der Waals surface area contributed by atoms with Gasteiger partial charge in [0.15, 0.2) is 0 Å². The summed E-state index contributed by atoms with van der Waals surface area (Å²) in [6.45, 7) is 4.16. The molecule has 0 aromatic carbocycles. The third-order valence-electron chi connectivity index (χ3n) is 3.82. The van der Waals surface area contributed by atoms with E-state index in [1.165, 1.54) is 6.42 Å². The van der Waals surface area contributed by atoms with Gasteiger partial charge in [-0.25, -0.2) is 0 Å². The highest BCUT2D eigenvalue weighted by molar-refractivity contribution is 5.90. The summed E-state index contributed by atoms with van der Waals surface area (Å²) in [7, 11) is 0. The van der Waals surface area contributed by atoms with E-state index in [0.717, 1.165) is 32.1 Å². The van der Waals surface area contributed by atoms with Gasteiger partial charge in [-0.3, -0.25) is 9.59 Å². The number of esters is 1. The van der Waals surface area contributed by atoms with Crippen LogP contribution in [-0.2, 0) is 14.3 Å². The van der Waals surface area contributed by atoms with Crippen LogP contribution in [0.15, 0.2) is 0 Å². The number of hydrogen-bond acceptors (Lipinski definition) is 3. The normalized spacial score (nSPS) is 20.6. The zero-order valence-electron chi connectivity index (χ0n) is 10.7. The molecule has 1 rings (SSSR count). The molecule has 0 amide bonds. The minimum absolute atomic E-state index is 0.292. The Morgan fingerprint density at radius 1 is 1.29 bits per heavy atom. The number of rotatable bonds is 5. The first kappa shape index (κ1) is 14.0. The molecule has 0 aliphatic heterocycles. The zero-order valence-corrected chi connectivity index (χ0v) is 10.7. The molecule has 0 saturated heterocycles. The Bertz CT molecular complexity index is 279. The Kier molecular flexibility index (Phi) is 4.97. The molecule has 0 spiro atoms. The van der Waals surface area contributed by atoms with E-state index < -0.39 is 24.0 Å². The minimum atomic E-state index is -1.12. The van der Waals surface area contributed by atoms with Crippen molar-refractivity contribution in [1.82, 2.24) is 0 Å². The lowest BCUT2D eigenvalue weighted by molar-refractivity contribution is -0.173. The molecule has 1 unspecified atom stereocenters.